The fourth-order valence-electron chi connectivity index (χ4n) is 3.68. The summed E-state index contributed by atoms with van der Waals surface area (Å²) >= 11 is 6.38. The monoisotopic (exact) mass is 504 g/mol. The van der Waals surface area contributed by atoms with Crippen LogP contribution in [0.15, 0.2) is 36.4 Å². The summed E-state index contributed by atoms with van der Waals surface area (Å²) in [7, 11) is 0. The first-order valence-electron chi connectivity index (χ1n) is 11.3. The first kappa shape index (κ1) is 26.5. The number of aliphatic carboxylic acids is 1. The molecule has 2 aromatic carbocycles. The second-order valence-electron chi connectivity index (χ2n) is 8.03. The van der Waals surface area contributed by atoms with Crippen molar-refractivity contribution < 1.29 is 23.5 Å². The molecule has 1 aromatic heterocycles. The van der Waals surface area contributed by atoms with Gasteiger partial charge in [-0.3, -0.25) is 9.59 Å². The third-order valence-corrected chi connectivity index (χ3v) is 5.83. The van der Waals surface area contributed by atoms with E-state index in [1.165, 1.54) is 12.1 Å². The highest BCUT2D eigenvalue weighted by molar-refractivity contribution is 6.35. The van der Waals surface area contributed by atoms with Crippen LogP contribution in [0.25, 0.3) is 22.2 Å². The van der Waals surface area contributed by atoms with Crippen LogP contribution in [0.2, 0.25) is 5.02 Å². The zero-order valence-corrected chi connectivity index (χ0v) is 20.0. The maximum atomic E-state index is 14.2. The van der Waals surface area contributed by atoms with Crippen molar-refractivity contribution in [2.24, 2.45) is 5.73 Å². The van der Waals surface area contributed by atoms with Gasteiger partial charge in [-0.2, -0.15) is 0 Å². The van der Waals surface area contributed by atoms with Gasteiger partial charge in [-0.05, 0) is 36.8 Å². The second-order valence-corrected chi connectivity index (χ2v) is 8.44. The van der Waals surface area contributed by atoms with Crippen LogP contribution in [-0.4, -0.2) is 53.0 Å². The van der Waals surface area contributed by atoms with Crippen LogP contribution in [0.3, 0.4) is 0 Å². The maximum Gasteiger partial charge on any atom is 0.303 e. The van der Waals surface area contributed by atoms with E-state index >= 15 is 0 Å². The van der Waals surface area contributed by atoms with Gasteiger partial charge in [0.1, 0.15) is 11.6 Å². The lowest BCUT2D eigenvalue weighted by molar-refractivity contribution is -0.137. The minimum absolute atomic E-state index is 0.0823. The molecule has 186 valence electrons. The van der Waals surface area contributed by atoms with Crippen LogP contribution in [0.1, 0.15) is 35.7 Å². The van der Waals surface area contributed by atoms with Crippen LogP contribution in [0.4, 0.5) is 8.78 Å². The minimum atomic E-state index is -0.733. The summed E-state index contributed by atoms with van der Waals surface area (Å²) in [5, 5.41) is 12.2. The third-order valence-electron chi connectivity index (χ3n) is 5.52. The highest BCUT2D eigenvalue weighted by atomic mass is 35.5. The van der Waals surface area contributed by atoms with Crippen LogP contribution in [-0.2, 0) is 11.3 Å². The van der Waals surface area contributed by atoms with Crippen LogP contribution >= 0.6 is 11.6 Å². The molecular weight excluding hydrogens is 478 g/mol. The smallest absolute Gasteiger partial charge is 0.303 e. The Kier molecular flexibility index (Phi) is 9.08. The van der Waals surface area contributed by atoms with Crippen molar-refractivity contribution in [1.82, 2.24) is 15.2 Å². The Bertz CT molecular complexity index is 1210. The van der Waals surface area contributed by atoms with E-state index in [1.54, 1.807) is 29.2 Å². The molecule has 1 saturated heterocycles. The molecule has 3 aromatic rings. The fourth-order valence-corrected chi connectivity index (χ4v) is 3.94. The zero-order valence-electron chi connectivity index (χ0n) is 19.3. The molecule has 4 N–H and O–H groups in total. The number of benzene rings is 2. The molecule has 10 heteroatoms. The average Bonchev–Trinajstić information content (AvgIpc) is 2.84. The van der Waals surface area contributed by atoms with Crippen molar-refractivity contribution in [3.05, 3.63) is 64.2 Å². The lowest BCUT2D eigenvalue weighted by Crippen LogP contribution is -2.46. The molecule has 1 aliphatic heterocycles. The molecule has 0 aliphatic carbocycles. The van der Waals surface area contributed by atoms with E-state index in [1.807, 2.05) is 6.92 Å². The summed E-state index contributed by atoms with van der Waals surface area (Å²) in [6.07, 6.45) is 1.02. The standard InChI is InChI=1S/C21H19ClF2N4O.C4H8O2/c22-16-10-19(13-7-17(23)15(11-25)18(24)8-13)27-20-9-12(1-2-14(16)20)21(29)28-5-3-26-4-6-28;1-2-3-4(5)6/h1-2,7-10,26H,3-6,11,25H2;2-3H2,1H3,(H,5,6). The summed E-state index contributed by atoms with van der Waals surface area (Å²) in [6.45, 7) is 4.39. The third kappa shape index (κ3) is 6.50. The molecule has 0 atom stereocenters. The van der Waals surface area contributed by atoms with E-state index in [9.17, 15) is 18.4 Å². The number of carbonyl (C=O) groups excluding carboxylic acids is 1. The molecule has 0 unspecified atom stereocenters. The topological polar surface area (TPSA) is 109 Å². The van der Waals surface area contributed by atoms with Crippen molar-refractivity contribution >= 4 is 34.4 Å². The van der Waals surface area contributed by atoms with E-state index < -0.39 is 17.6 Å². The SMILES string of the molecule is CCCC(=O)O.NCc1c(F)cc(-c2cc(Cl)c3ccc(C(=O)N4CCNCC4)cc3n2)cc1F. The van der Waals surface area contributed by atoms with Crippen molar-refractivity contribution in [3.63, 3.8) is 0 Å². The summed E-state index contributed by atoms with van der Waals surface area (Å²) in [6, 6.07) is 9.04. The number of fused-ring (bicyclic) bond motifs is 1. The summed E-state index contributed by atoms with van der Waals surface area (Å²) in [4.78, 5) is 28.6. The molecule has 0 saturated carbocycles. The van der Waals surface area contributed by atoms with Gasteiger partial charge in [-0.25, -0.2) is 13.8 Å². The number of nitrogens with one attached hydrogen (secondary N) is 1. The number of carboxylic acid groups (broad SMARTS) is 1. The lowest BCUT2D eigenvalue weighted by atomic mass is 10.0. The number of piperazine rings is 1. The average molecular weight is 505 g/mol. The van der Waals surface area contributed by atoms with Gasteiger partial charge >= 0.3 is 5.97 Å². The predicted octanol–water partition coefficient (Wildman–Crippen LogP) is 4.21. The molecule has 1 aliphatic rings. The van der Waals surface area contributed by atoms with Gasteiger partial charge in [-0.15, -0.1) is 0 Å². The highest BCUT2D eigenvalue weighted by Crippen LogP contribution is 2.30. The number of aromatic nitrogens is 1. The number of hydrogen-bond acceptors (Lipinski definition) is 5. The molecule has 1 amide bonds. The Morgan fingerprint density at radius 2 is 1.80 bits per heavy atom. The molecular formula is C25H27ClF2N4O3. The fraction of sp³-hybridized carbons (Fsp3) is 0.320. The summed E-state index contributed by atoms with van der Waals surface area (Å²) in [5.74, 6) is -2.26. The van der Waals surface area contributed by atoms with Gasteiger partial charge < -0.3 is 21.1 Å². The van der Waals surface area contributed by atoms with E-state index in [2.05, 4.69) is 10.3 Å². The van der Waals surface area contributed by atoms with E-state index in [-0.39, 0.29) is 23.6 Å². The number of carbonyl (C=O) groups is 2. The Morgan fingerprint density at radius 1 is 1.14 bits per heavy atom. The molecule has 1 fully saturated rings. The van der Waals surface area contributed by atoms with Crippen LogP contribution in [0.5, 0.6) is 0 Å². The van der Waals surface area contributed by atoms with Gasteiger partial charge in [0.25, 0.3) is 5.91 Å². The van der Waals surface area contributed by atoms with Gasteiger partial charge in [0.15, 0.2) is 0 Å². The zero-order chi connectivity index (χ0) is 25.5. The van der Waals surface area contributed by atoms with Crippen LogP contribution in [0, 0.1) is 11.6 Å². The van der Waals surface area contributed by atoms with Crippen molar-refractivity contribution in [2.45, 2.75) is 26.3 Å². The largest absolute Gasteiger partial charge is 0.481 e. The van der Waals surface area contributed by atoms with Gasteiger partial charge in [0.2, 0.25) is 0 Å². The van der Waals surface area contributed by atoms with Crippen molar-refractivity contribution in [1.29, 1.82) is 0 Å². The number of hydrogen-bond donors (Lipinski definition) is 3. The quantitative estimate of drug-likeness (QED) is 0.480. The molecule has 7 nitrogen and oxygen atoms in total. The van der Waals surface area contributed by atoms with Crippen molar-refractivity contribution in [2.75, 3.05) is 26.2 Å². The number of pyridine rings is 1. The number of rotatable bonds is 5. The Balaban J connectivity index is 0.000000509. The summed E-state index contributed by atoms with van der Waals surface area (Å²) in [5.41, 5.74) is 6.76. The lowest BCUT2D eigenvalue weighted by Gasteiger charge is -2.27. The number of nitrogens with zero attached hydrogens (tertiary/aromatic N) is 2. The van der Waals surface area contributed by atoms with E-state index in [4.69, 9.17) is 22.4 Å². The van der Waals surface area contributed by atoms with Crippen LogP contribution < -0.4 is 11.1 Å². The Morgan fingerprint density at radius 3 is 2.34 bits per heavy atom. The van der Waals surface area contributed by atoms with E-state index in [0.717, 1.165) is 19.5 Å². The van der Waals surface area contributed by atoms with Gasteiger partial charge in [0.05, 0.1) is 16.2 Å². The second kappa shape index (κ2) is 12.0. The number of nitrogens with two attached hydrogens (primary N) is 1. The molecule has 0 radical (unpaired) electrons. The number of halogens is 3. The maximum absolute atomic E-state index is 14.2. The molecule has 35 heavy (non-hydrogen) atoms. The summed E-state index contributed by atoms with van der Waals surface area (Å²) < 4.78 is 28.3. The normalized spacial score (nSPS) is 13.3. The van der Waals surface area contributed by atoms with E-state index in [0.29, 0.717) is 46.7 Å². The van der Waals surface area contributed by atoms with Crippen molar-refractivity contribution in [3.8, 4) is 11.3 Å². The van der Waals surface area contributed by atoms with Gasteiger partial charge in [0, 0.05) is 61.2 Å². The molecule has 0 spiro atoms. The molecule has 2 heterocycles. The molecule has 0 bridgehead atoms. The first-order valence-corrected chi connectivity index (χ1v) is 11.6. The number of amides is 1. The minimum Gasteiger partial charge on any atom is -0.481 e. The highest BCUT2D eigenvalue weighted by Gasteiger charge is 2.19. The first-order chi connectivity index (χ1) is 16.7. The Hall–Kier alpha value is -3.14. The predicted molar refractivity (Wildman–Crippen MR) is 131 cm³/mol. The Labute approximate surface area is 206 Å². The van der Waals surface area contributed by atoms with Gasteiger partial charge in [-0.1, -0.05) is 24.6 Å². The molecule has 4 rings (SSSR count). The number of carboxylic acids is 1.